The van der Waals surface area contributed by atoms with E-state index in [1.54, 1.807) is 44.8 Å². The summed E-state index contributed by atoms with van der Waals surface area (Å²) in [5.41, 5.74) is 6.94. The summed E-state index contributed by atoms with van der Waals surface area (Å²) in [6.45, 7) is 6.57. The van der Waals surface area contributed by atoms with Crippen LogP contribution in [-0.4, -0.2) is 149 Å². The number of nitrogens with zero attached hydrogens (tertiary/aromatic N) is 8. The fourth-order valence-electron chi connectivity index (χ4n) is 16.7. The van der Waals surface area contributed by atoms with Crippen molar-refractivity contribution in [2.24, 2.45) is 30.7 Å². The molecule has 3 aromatic heterocycles. The molecule has 4 N–H and O–H groups in total. The van der Waals surface area contributed by atoms with Crippen molar-refractivity contribution in [3.8, 4) is 33.8 Å². The van der Waals surface area contributed by atoms with Crippen molar-refractivity contribution in [1.82, 2.24) is 39.5 Å². The van der Waals surface area contributed by atoms with Gasteiger partial charge < -0.3 is 43.9 Å². The number of halogens is 4. The van der Waals surface area contributed by atoms with Crippen LogP contribution >= 0.6 is 11.6 Å². The highest BCUT2D eigenvalue weighted by atomic mass is 35.5. The van der Waals surface area contributed by atoms with Crippen molar-refractivity contribution in [2.45, 2.75) is 115 Å². The van der Waals surface area contributed by atoms with Crippen LogP contribution in [0.25, 0.3) is 43.8 Å². The van der Waals surface area contributed by atoms with E-state index < -0.39 is 18.4 Å². The standard InChI is InChI=1S/C79H86ClF3N12O9/c1-89-45-64(61-22-30-84-41-63(61)77(89)101)50-8-9-51(70(39-50)104-79(81,82)83)42-92-33-29-59(48-23-34-93(35-24-48)57-14-10-54(11-15-57)85-68-18-20-72(96)87-74(68)98)53(43-92)44-95-47-65(60-6-4-5-7-62(60)78(95)102)52-38-67(80)66(71(40-52)103-3)46-91-31-27-56(28-32-91)90(2)76(100)49-25-36-94(37-26-49)58-16-12-55(13-17-58)86-69-19-21-73(97)88-75(69)99/h4-17,22,30,38-41,45,47-49,53,56,59,68-69,85-86H,18-21,23-29,31-37,42-44,46H2,1-3H3,(H,87,96,98)(H,88,97,99). The van der Waals surface area contributed by atoms with Gasteiger partial charge in [0.2, 0.25) is 29.5 Å². The third-order valence-corrected chi connectivity index (χ3v) is 22.8. The molecule has 0 spiro atoms. The number of pyridine rings is 3. The quantitative estimate of drug-likeness (QED) is 0.0552. The van der Waals surface area contributed by atoms with Gasteiger partial charge in [-0.2, -0.15) is 0 Å². The van der Waals surface area contributed by atoms with Gasteiger partial charge in [0, 0.05) is 185 Å². The lowest BCUT2D eigenvalue weighted by Crippen LogP contribution is -2.48. The molecule has 21 nitrogen and oxygen atoms in total. The fourth-order valence-corrected chi connectivity index (χ4v) is 17.0. The number of methoxy groups -OCH3 is 1. The number of piperidine rings is 6. The summed E-state index contributed by atoms with van der Waals surface area (Å²) in [7, 11) is 5.16. The second kappa shape index (κ2) is 30.5. The Kier molecular flexibility index (Phi) is 20.9. The number of benzene rings is 5. The maximum absolute atomic E-state index is 15.1. The first kappa shape index (κ1) is 71.2. The number of hydrogen-bond acceptors (Lipinski definition) is 16. The molecule has 8 aromatic rings. The van der Waals surface area contributed by atoms with E-state index in [-0.39, 0.29) is 89.1 Å². The lowest BCUT2D eigenvalue weighted by atomic mass is 9.72. The molecular weight excluding hydrogens is 1350 g/mol. The molecule has 0 saturated carbocycles. The van der Waals surface area contributed by atoms with Crippen LogP contribution in [0.1, 0.15) is 81.8 Å². The highest BCUT2D eigenvalue weighted by molar-refractivity contribution is 6.32. The van der Waals surface area contributed by atoms with Crippen molar-refractivity contribution in [3.63, 3.8) is 0 Å². The number of ether oxygens (including phenoxy) is 2. The highest BCUT2D eigenvalue weighted by Crippen LogP contribution is 2.43. The number of fused-ring (bicyclic) bond motifs is 2. The van der Waals surface area contributed by atoms with Crippen LogP contribution in [0.3, 0.4) is 0 Å². The molecule has 25 heteroatoms. The maximum atomic E-state index is 15.1. The van der Waals surface area contributed by atoms with Gasteiger partial charge in [-0.15, -0.1) is 13.2 Å². The Hall–Kier alpha value is -9.78. The molecule has 6 saturated heterocycles. The first-order valence-electron chi connectivity index (χ1n) is 36.1. The van der Waals surface area contributed by atoms with Gasteiger partial charge in [-0.3, -0.25) is 59.0 Å². The zero-order valence-corrected chi connectivity index (χ0v) is 59.3. The van der Waals surface area contributed by atoms with E-state index in [2.05, 4.69) is 45.9 Å². The minimum Gasteiger partial charge on any atom is -0.496 e. The zero-order chi connectivity index (χ0) is 72.5. The molecule has 5 aromatic carbocycles. The number of imide groups is 2. The summed E-state index contributed by atoms with van der Waals surface area (Å²) < 4.78 is 57.8. The summed E-state index contributed by atoms with van der Waals surface area (Å²) in [4.78, 5) is 106. The summed E-state index contributed by atoms with van der Waals surface area (Å²) in [5, 5.41) is 14.0. The van der Waals surface area contributed by atoms with E-state index in [0.29, 0.717) is 89.1 Å². The maximum Gasteiger partial charge on any atom is 0.573 e. The first-order valence-corrected chi connectivity index (χ1v) is 36.5. The smallest absolute Gasteiger partial charge is 0.496 e. The predicted molar refractivity (Wildman–Crippen MR) is 395 cm³/mol. The predicted octanol–water partition coefficient (Wildman–Crippen LogP) is 11.0. The second-order valence-corrected chi connectivity index (χ2v) is 29.2. The van der Waals surface area contributed by atoms with E-state index in [4.69, 9.17) is 21.1 Å². The second-order valence-electron chi connectivity index (χ2n) is 28.8. The monoisotopic (exact) mass is 1440 g/mol. The molecule has 4 atom stereocenters. The van der Waals surface area contributed by atoms with Gasteiger partial charge in [0.05, 0.1) is 12.5 Å². The fraction of sp³-hybridized carbons (Fsp3) is 0.418. The number of anilines is 4. The van der Waals surface area contributed by atoms with Crippen LogP contribution in [-0.2, 0) is 50.7 Å². The minimum absolute atomic E-state index is 0.0761. The van der Waals surface area contributed by atoms with Gasteiger partial charge in [-0.05, 0) is 183 Å². The molecule has 6 aliphatic heterocycles. The number of aryl methyl sites for hydroxylation is 1. The Morgan fingerprint density at radius 2 is 1.22 bits per heavy atom. The lowest BCUT2D eigenvalue weighted by molar-refractivity contribution is -0.275. The van der Waals surface area contributed by atoms with Gasteiger partial charge in [-0.25, -0.2) is 0 Å². The Morgan fingerprint density at radius 3 is 1.84 bits per heavy atom. The molecule has 9 heterocycles. The Balaban J connectivity index is 0.672. The summed E-state index contributed by atoms with van der Waals surface area (Å²) in [5.74, 6) is -0.542. The van der Waals surface area contributed by atoms with E-state index in [9.17, 15) is 41.9 Å². The first-order chi connectivity index (χ1) is 50.2. The number of hydrogen-bond donors (Lipinski definition) is 4. The normalized spacial score (nSPS) is 20.7. The topological polar surface area (TPSA) is 225 Å². The molecule has 14 rings (SSSR count). The van der Waals surface area contributed by atoms with Crippen LogP contribution in [0.5, 0.6) is 11.5 Å². The van der Waals surface area contributed by atoms with Crippen LogP contribution in [0.2, 0.25) is 5.02 Å². The summed E-state index contributed by atoms with van der Waals surface area (Å²) >= 11 is 7.40. The van der Waals surface area contributed by atoms with E-state index in [1.165, 1.54) is 16.8 Å². The number of carbonyl (C=O) groups is 5. The number of likely N-dealkylation sites (tertiary alicyclic amines) is 2. The van der Waals surface area contributed by atoms with Crippen LogP contribution in [0, 0.1) is 23.7 Å². The van der Waals surface area contributed by atoms with Crippen molar-refractivity contribution in [1.29, 1.82) is 0 Å². The molecule has 0 radical (unpaired) electrons. The van der Waals surface area contributed by atoms with Crippen LogP contribution in [0.4, 0.5) is 35.9 Å². The molecule has 0 aliphatic carbocycles. The van der Waals surface area contributed by atoms with E-state index in [1.807, 2.05) is 108 Å². The number of nitrogens with one attached hydrogen (secondary N) is 4. The molecule has 0 bridgehead atoms. The average Bonchev–Trinajstić information content (AvgIpc) is 0.759. The molecule has 544 valence electrons. The molecule has 104 heavy (non-hydrogen) atoms. The third-order valence-electron chi connectivity index (χ3n) is 22.4. The third kappa shape index (κ3) is 15.7. The minimum atomic E-state index is -5.01. The number of rotatable bonds is 19. The zero-order valence-electron chi connectivity index (χ0n) is 58.6. The summed E-state index contributed by atoms with van der Waals surface area (Å²) in [6.07, 6.45) is 8.51. The molecule has 5 amide bonds. The van der Waals surface area contributed by atoms with E-state index >= 15 is 4.79 Å². The molecule has 6 fully saturated rings. The molecular formula is C79H86ClF3N12O9. The number of alkyl halides is 3. The lowest BCUT2D eigenvalue weighted by Gasteiger charge is -2.45. The SMILES string of the molecule is COc1cc(-c2cn(CC3CN(Cc4ccc(-c5cn(C)c(=O)c6cnccc56)cc4OC(F)(F)F)CCC3C3CCN(c4ccc(NC5CCC(=O)NC5=O)cc4)CC3)c(=O)c3ccccc23)cc(Cl)c1CN1CCC(N(C)C(=O)C2CCN(c3ccc(NC4CCC(=O)NC4=O)cc3)CC2)CC1. The van der Waals surface area contributed by atoms with Crippen molar-refractivity contribution < 1.29 is 46.6 Å². The van der Waals surface area contributed by atoms with Crippen LogP contribution < -0.4 is 51.7 Å². The van der Waals surface area contributed by atoms with Crippen molar-refractivity contribution in [3.05, 3.63) is 171 Å². The Labute approximate surface area is 605 Å². The van der Waals surface area contributed by atoms with E-state index in [0.717, 1.165) is 129 Å². The number of aromatic nitrogens is 3. The van der Waals surface area contributed by atoms with Gasteiger partial charge in [0.1, 0.15) is 23.6 Å². The molecule has 4 unspecified atom stereocenters. The van der Waals surface area contributed by atoms with Gasteiger partial charge in [0.15, 0.2) is 0 Å². The van der Waals surface area contributed by atoms with Gasteiger partial charge in [-0.1, -0.05) is 41.9 Å². The van der Waals surface area contributed by atoms with Crippen LogP contribution in [0.15, 0.2) is 144 Å². The van der Waals surface area contributed by atoms with Gasteiger partial charge >= 0.3 is 6.36 Å². The molecule has 6 aliphatic rings. The number of carbonyl (C=O) groups excluding carboxylic acids is 5. The van der Waals surface area contributed by atoms with Gasteiger partial charge in [0.25, 0.3) is 11.1 Å². The average molecular weight is 1440 g/mol. The van der Waals surface area contributed by atoms with Crippen molar-refractivity contribution in [2.75, 3.05) is 86.9 Å². The van der Waals surface area contributed by atoms with Crippen molar-refractivity contribution >= 4 is 85.4 Å². The Morgan fingerprint density at radius 1 is 0.635 bits per heavy atom. The number of amides is 5. The largest absolute Gasteiger partial charge is 0.573 e. The Bertz CT molecular complexity index is 4680. The summed E-state index contributed by atoms with van der Waals surface area (Å²) in [6, 6.07) is 33.1. The highest BCUT2D eigenvalue weighted by Gasteiger charge is 2.40.